The second kappa shape index (κ2) is 7.28. The number of amides is 1. The summed E-state index contributed by atoms with van der Waals surface area (Å²) in [6.07, 6.45) is 0.631. The van der Waals surface area contributed by atoms with E-state index in [0.717, 1.165) is 22.6 Å². The number of carboxylic acid groups (broad SMARTS) is 1. The molecule has 0 unspecified atom stereocenters. The molecule has 23 heavy (non-hydrogen) atoms. The monoisotopic (exact) mass is 333 g/mol. The first kappa shape index (κ1) is 17.0. The van der Waals surface area contributed by atoms with Gasteiger partial charge < -0.3 is 15.2 Å². The summed E-state index contributed by atoms with van der Waals surface area (Å²) in [6.45, 7) is 3.60. The van der Waals surface area contributed by atoms with Crippen molar-refractivity contribution in [1.82, 2.24) is 5.32 Å². The number of rotatable bonds is 6. The van der Waals surface area contributed by atoms with Crippen LogP contribution in [0.5, 0.6) is 5.75 Å². The van der Waals surface area contributed by atoms with Gasteiger partial charge in [0.15, 0.2) is 0 Å². The van der Waals surface area contributed by atoms with Crippen LogP contribution >= 0.6 is 11.3 Å². The SMILES string of the molecule is COc1ccccc1C[C@H](C)NC(=O)c1cc(C)c(C(=O)O)s1. The Balaban J connectivity index is 2.05. The first-order chi connectivity index (χ1) is 10.9. The summed E-state index contributed by atoms with van der Waals surface area (Å²) >= 11 is 0.995. The average molecular weight is 333 g/mol. The standard InChI is InChI=1S/C17H19NO4S/c1-10-8-14(23-15(10)17(20)21)16(19)18-11(2)9-12-6-4-5-7-13(12)22-3/h4-8,11H,9H2,1-3H3,(H,18,19)(H,20,21)/t11-/m0/s1. The van der Waals surface area contributed by atoms with E-state index in [1.807, 2.05) is 31.2 Å². The summed E-state index contributed by atoms with van der Waals surface area (Å²) in [7, 11) is 1.62. The van der Waals surface area contributed by atoms with Gasteiger partial charge in [-0.15, -0.1) is 11.3 Å². The van der Waals surface area contributed by atoms with Crippen molar-refractivity contribution in [2.75, 3.05) is 7.11 Å². The minimum absolute atomic E-state index is 0.102. The quantitative estimate of drug-likeness (QED) is 0.851. The summed E-state index contributed by atoms with van der Waals surface area (Å²) in [5.74, 6) is -0.477. The van der Waals surface area contributed by atoms with E-state index in [0.29, 0.717) is 16.9 Å². The average Bonchev–Trinajstić information content (AvgIpc) is 2.90. The van der Waals surface area contributed by atoms with Crippen LogP contribution in [0.4, 0.5) is 0 Å². The highest BCUT2D eigenvalue weighted by Gasteiger charge is 2.18. The fraction of sp³-hybridized carbons (Fsp3) is 0.294. The Kier molecular flexibility index (Phi) is 5.39. The van der Waals surface area contributed by atoms with Crippen molar-refractivity contribution in [1.29, 1.82) is 0 Å². The van der Waals surface area contributed by atoms with Crippen LogP contribution in [0.2, 0.25) is 0 Å². The van der Waals surface area contributed by atoms with E-state index in [-0.39, 0.29) is 16.8 Å². The van der Waals surface area contributed by atoms with Crippen molar-refractivity contribution < 1.29 is 19.4 Å². The van der Waals surface area contributed by atoms with Crippen LogP contribution in [0.1, 0.15) is 37.4 Å². The number of para-hydroxylation sites is 1. The Hall–Kier alpha value is -2.34. The second-order valence-corrected chi connectivity index (χ2v) is 6.37. The third kappa shape index (κ3) is 4.10. The lowest BCUT2D eigenvalue weighted by molar-refractivity contribution is 0.0701. The van der Waals surface area contributed by atoms with Gasteiger partial charge in [0.05, 0.1) is 12.0 Å². The van der Waals surface area contributed by atoms with E-state index in [9.17, 15) is 9.59 Å². The third-order valence-corrected chi connectivity index (χ3v) is 4.66. The molecule has 1 heterocycles. The lowest BCUT2D eigenvalue weighted by Gasteiger charge is -2.15. The smallest absolute Gasteiger partial charge is 0.346 e. The number of methoxy groups -OCH3 is 1. The van der Waals surface area contributed by atoms with E-state index in [4.69, 9.17) is 9.84 Å². The molecule has 0 radical (unpaired) electrons. The van der Waals surface area contributed by atoms with Gasteiger partial charge in [-0.1, -0.05) is 18.2 Å². The summed E-state index contributed by atoms with van der Waals surface area (Å²) in [5, 5.41) is 12.0. The van der Waals surface area contributed by atoms with Gasteiger partial charge in [0, 0.05) is 6.04 Å². The molecule has 5 nitrogen and oxygen atoms in total. The molecule has 0 aliphatic heterocycles. The van der Waals surface area contributed by atoms with Crippen LogP contribution in [0.3, 0.4) is 0 Å². The van der Waals surface area contributed by atoms with Gasteiger partial charge in [-0.25, -0.2) is 4.79 Å². The first-order valence-electron chi connectivity index (χ1n) is 7.19. The van der Waals surface area contributed by atoms with Crippen LogP contribution < -0.4 is 10.1 Å². The van der Waals surface area contributed by atoms with E-state index >= 15 is 0 Å². The summed E-state index contributed by atoms with van der Waals surface area (Å²) in [5.41, 5.74) is 1.61. The largest absolute Gasteiger partial charge is 0.496 e. The van der Waals surface area contributed by atoms with Gasteiger partial charge in [0.25, 0.3) is 5.91 Å². The van der Waals surface area contributed by atoms with Crippen molar-refractivity contribution in [2.24, 2.45) is 0 Å². The maximum absolute atomic E-state index is 12.3. The highest BCUT2D eigenvalue weighted by molar-refractivity contribution is 7.16. The van der Waals surface area contributed by atoms with Crippen molar-refractivity contribution in [3.8, 4) is 5.75 Å². The third-order valence-electron chi connectivity index (χ3n) is 3.43. The van der Waals surface area contributed by atoms with Crippen LogP contribution in [-0.2, 0) is 6.42 Å². The zero-order valence-electron chi connectivity index (χ0n) is 13.3. The molecule has 1 amide bonds. The number of hydrogen-bond acceptors (Lipinski definition) is 4. The molecule has 0 fully saturated rings. The van der Waals surface area contributed by atoms with Crippen LogP contribution in [-0.4, -0.2) is 30.1 Å². The van der Waals surface area contributed by atoms with Crippen molar-refractivity contribution in [3.05, 3.63) is 51.2 Å². The van der Waals surface area contributed by atoms with Crippen molar-refractivity contribution >= 4 is 23.2 Å². The molecule has 1 atom stereocenters. The zero-order valence-corrected chi connectivity index (χ0v) is 14.1. The minimum atomic E-state index is -1.01. The van der Waals surface area contributed by atoms with Crippen molar-refractivity contribution in [3.63, 3.8) is 0 Å². The predicted molar refractivity (Wildman–Crippen MR) is 89.6 cm³/mol. The summed E-state index contributed by atoms with van der Waals surface area (Å²) in [4.78, 5) is 23.9. The molecule has 0 saturated carbocycles. The molecular weight excluding hydrogens is 314 g/mol. The van der Waals surface area contributed by atoms with E-state index in [1.165, 1.54) is 0 Å². The number of carbonyl (C=O) groups excluding carboxylic acids is 1. The molecule has 1 aromatic heterocycles. The second-order valence-electron chi connectivity index (χ2n) is 5.32. The van der Waals surface area contributed by atoms with Gasteiger partial charge in [0.1, 0.15) is 10.6 Å². The van der Waals surface area contributed by atoms with Crippen LogP contribution in [0.25, 0.3) is 0 Å². The lowest BCUT2D eigenvalue weighted by atomic mass is 10.1. The van der Waals surface area contributed by atoms with Gasteiger partial charge in [-0.3, -0.25) is 4.79 Å². The molecule has 0 spiro atoms. The van der Waals surface area contributed by atoms with Gasteiger partial charge in [-0.2, -0.15) is 0 Å². The Morgan fingerprint density at radius 1 is 1.35 bits per heavy atom. The highest BCUT2D eigenvalue weighted by Crippen LogP contribution is 2.22. The molecule has 6 heteroatoms. The normalized spacial score (nSPS) is 11.8. The number of thiophene rings is 1. The lowest BCUT2D eigenvalue weighted by Crippen LogP contribution is -2.33. The van der Waals surface area contributed by atoms with Gasteiger partial charge in [-0.05, 0) is 43.5 Å². The Morgan fingerprint density at radius 3 is 2.65 bits per heavy atom. The highest BCUT2D eigenvalue weighted by atomic mass is 32.1. The number of aromatic carboxylic acids is 1. The number of hydrogen-bond donors (Lipinski definition) is 2. The van der Waals surface area contributed by atoms with E-state index in [1.54, 1.807) is 20.1 Å². The van der Waals surface area contributed by atoms with Crippen molar-refractivity contribution in [2.45, 2.75) is 26.3 Å². The molecule has 0 aliphatic carbocycles. The predicted octanol–water partition coefficient (Wildman–Crippen LogP) is 3.12. The number of nitrogens with one attached hydrogen (secondary N) is 1. The molecular formula is C17H19NO4S. The molecule has 2 aromatic rings. The van der Waals surface area contributed by atoms with Gasteiger partial charge in [0.2, 0.25) is 0 Å². The number of ether oxygens (including phenoxy) is 1. The molecule has 122 valence electrons. The number of aryl methyl sites for hydroxylation is 1. The number of carboxylic acids is 1. The summed E-state index contributed by atoms with van der Waals surface area (Å²) in [6, 6.07) is 9.17. The van der Waals surface area contributed by atoms with E-state index < -0.39 is 5.97 Å². The maximum atomic E-state index is 12.3. The summed E-state index contributed by atoms with van der Waals surface area (Å²) < 4.78 is 5.31. The topological polar surface area (TPSA) is 75.6 Å². The van der Waals surface area contributed by atoms with Crippen LogP contribution in [0.15, 0.2) is 30.3 Å². The molecule has 2 rings (SSSR count). The molecule has 1 aromatic carbocycles. The Morgan fingerprint density at radius 2 is 2.04 bits per heavy atom. The molecule has 0 aliphatic rings. The number of carbonyl (C=O) groups is 2. The van der Waals surface area contributed by atoms with Crippen LogP contribution in [0, 0.1) is 6.92 Å². The molecule has 2 N–H and O–H groups in total. The first-order valence-corrected chi connectivity index (χ1v) is 8.00. The van der Waals surface area contributed by atoms with E-state index in [2.05, 4.69) is 5.32 Å². The molecule has 0 saturated heterocycles. The fourth-order valence-electron chi connectivity index (χ4n) is 2.35. The van der Waals surface area contributed by atoms with Gasteiger partial charge >= 0.3 is 5.97 Å². The minimum Gasteiger partial charge on any atom is -0.496 e. The Labute approximate surface area is 138 Å². The maximum Gasteiger partial charge on any atom is 0.346 e. The Bertz CT molecular complexity index is 723. The number of benzene rings is 1. The zero-order chi connectivity index (χ0) is 17.0. The molecule has 0 bridgehead atoms. The fourth-order valence-corrected chi connectivity index (χ4v) is 3.27.